The molecule has 2 aromatic rings. The minimum absolute atomic E-state index is 0.123. The van der Waals surface area contributed by atoms with E-state index >= 15 is 0 Å². The lowest BCUT2D eigenvalue weighted by molar-refractivity contribution is 0.809. The minimum Gasteiger partial charge on any atom is -0.370 e. The highest BCUT2D eigenvalue weighted by Crippen LogP contribution is 2.18. The Labute approximate surface area is 106 Å². The van der Waals surface area contributed by atoms with Crippen molar-refractivity contribution in [2.75, 3.05) is 5.75 Å². The summed E-state index contributed by atoms with van der Waals surface area (Å²) in [5.41, 5.74) is 12.9. The first-order valence-electron chi connectivity index (χ1n) is 5.45. The van der Waals surface area contributed by atoms with Crippen molar-refractivity contribution in [3.8, 4) is 0 Å². The molecule has 4 N–H and O–H groups in total. The molecule has 0 bridgehead atoms. The second-order valence-electron chi connectivity index (χ2n) is 3.87. The standard InChI is InChI=1S/C12H16N4S/c13-12(14)15-8-9-1-2-11-10(7-9)3-4-16(11)5-6-17/h1-4,7,17H,5-6,8H2,(H4,13,14,15). The predicted molar refractivity (Wildman–Crippen MR) is 75.3 cm³/mol. The zero-order chi connectivity index (χ0) is 12.3. The molecule has 0 aliphatic carbocycles. The molecule has 1 heterocycles. The number of hydrogen-bond acceptors (Lipinski definition) is 2. The molecular weight excluding hydrogens is 232 g/mol. The molecule has 2 rings (SSSR count). The van der Waals surface area contributed by atoms with Crippen molar-refractivity contribution in [1.29, 1.82) is 0 Å². The summed E-state index contributed by atoms with van der Waals surface area (Å²) >= 11 is 4.24. The van der Waals surface area contributed by atoms with Gasteiger partial charge in [-0.1, -0.05) is 6.07 Å². The van der Waals surface area contributed by atoms with Crippen LogP contribution in [0.15, 0.2) is 35.5 Å². The molecule has 0 saturated carbocycles. The molecule has 90 valence electrons. The summed E-state index contributed by atoms with van der Waals surface area (Å²) in [6.07, 6.45) is 2.07. The van der Waals surface area contributed by atoms with Crippen molar-refractivity contribution in [3.63, 3.8) is 0 Å². The summed E-state index contributed by atoms with van der Waals surface area (Å²) in [5, 5.41) is 1.20. The van der Waals surface area contributed by atoms with E-state index in [0.29, 0.717) is 6.54 Å². The van der Waals surface area contributed by atoms with Crippen LogP contribution in [0.2, 0.25) is 0 Å². The van der Waals surface area contributed by atoms with Gasteiger partial charge in [0, 0.05) is 24.0 Å². The third kappa shape index (κ3) is 2.74. The van der Waals surface area contributed by atoms with Gasteiger partial charge in [-0.2, -0.15) is 12.6 Å². The first-order chi connectivity index (χ1) is 8.20. The summed E-state index contributed by atoms with van der Waals surface area (Å²) in [7, 11) is 0. The Hall–Kier alpha value is -1.62. The zero-order valence-electron chi connectivity index (χ0n) is 9.50. The largest absolute Gasteiger partial charge is 0.370 e. The lowest BCUT2D eigenvalue weighted by Gasteiger charge is -2.03. The third-order valence-electron chi connectivity index (χ3n) is 2.62. The van der Waals surface area contributed by atoms with Gasteiger partial charge in [0.05, 0.1) is 6.54 Å². The molecular formula is C12H16N4S. The van der Waals surface area contributed by atoms with Gasteiger partial charge in [-0.3, -0.25) is 0 Å². The molecule has 0 atom stereocenters. The molecule has 0 fully saturated rings. The Kier molecular flexibility index (Phi) is 3.58. The van der Waals surface area contributed by atoms with Gasteiger partial charge in [-0.05, 0) is 29.1 Å². The number of nitrogens with zero attached hydrogens (tertiary/aromatic N) is 2. The Morgan fingerprint density at radius 3 is 2.82 bits per heavy atom. The van der Waals surface area contributed by atoms with E-state index in [4.69, 9.17) is 11.5 Å². The maximum Gasteiger partial charge on any atom is 0.186 e. The van der Waals surface area contributed by atoms with Crippen molar-refractivity contribution in [2.24, 2.45) is 16.5 Å². The topological polar surface area (TPSA) is 69.3 Å². The van der Waals surface area contributed by atoms with E-state index in [1.165, 1.54) is 10.9 Å². The number of fused-ring (bicyclic) bond motifs is 1. The van der Waals surface area contributed by atoms with Crippen molar-refractivity contribution < 1.29 is 0 Å². The highest BCUT2D eigenvalue weighted by atomic mass is 32.1. The highest BCUT2D eigenvalue weighted by molar-refractivity contribution is 7.80. The van der Waals surface area contributed by atoms with Crippen LogP contribution in [0, 0.1) is 0 Å². The van der Waals surface area contributed by atoms with E-state index in [2.05, 4.69) is 46.6 Å². The van der Waals surface area contributed by atoms with Gasteiger partial charge < -0.3 is 16.0 Å². The molecule has 0 spiro atoms. The van der Waals surface area contributed by atoms with Crippen LogP contribution in [-0.2, 0) is 13.1 Å². The molecule has 1 aromatic heterocycles. The maximum atomic E-state index is 5.31. The van der Waals surface area contributed by atoms with Crippen molar-refractivity contribution in [3.05, 3.63) is 36.0 Å². The van der Waals surface area contributed by atoms with Crippen LogP contribution in [0.3, 0.4) is 0 Å². The van der Waals surface area contributed by atoms with Crippen molar-refractivity contribution in [2.45, 2.75) is 13.1 Å². The number of guanidine groups is 1. The number of nitrogens with two attached hydrogens (primary N) is 2. The fourth-order valence-corrected chi connectivity index (χ4v) is 2.05. The zero-order valence-corrected chi connectivity index (χ0v) is 10.4. The lowest BCUT2D eigenvalue weighted by Crippen LogP contribution is -2.22. The normalized spacial score (nSPS) is 10.6. The van der Waals surface area contributed by atoms with Gasteiger partial charge in [-0.15, -0.1) is 0 Å². The molecule has 0 aliphatic rings. The molecule has 0 amide bonds. The average molecular weight is 248 g/mol. The summed E-state index contributed by atoms with van der Waals surface area (Å²) in [5.74, 6) is 0.956. The fraction of sp³-hybridized carbons (Fsp3) is 0.250. The Balaban J connectivity index is 2.29. The predicted octanol–water partition coefficient (Wildman–Crippen LogP) is 1.34. The van der Waals surface area contributed by atoms with Crippen molar-refractivity contribution in [1.82, 2.24) is 4.57 Å². The molecule has 4 nitrogen and oxygen atoms in total. The SMILES string of the molecule is NC(N)=NCc1ccc2c(ccn2CCS)c1. The second-order valence-corrected chi connectivity index (χ2v) is 4.31. The van der Waals surface area contributed by atoms with E-state index in [1.54, 1.807) is 0 Å². The van der Waals surface area contributed by atoms with E-state index in [1.807, 2.05) is 6.07 Å². The summed E-state index contributed by atoms with van der Waals surface area (Å²) in [4.78, 5) is 4.00. The van der Waals surface area contributed by atoms with Crippen LogP contribution >= 0.6 is 12.6 Å². The van der Waals surface area contributed by atoms with E-state index in [9.17, 15) is 0 Å². The summed E-state index contributed by atoms with van der Waals surface area (Å²) in [6, 6.07) is 8.34. The number of benzene rings is 1. The first-order valence-corrected chi connectivity index (χ1v) is 6.08. The van der Waals surface area contributed by atoms with Gasteiger partial charge in [-0.25, -0.2) is 4.99 Å². The monoisotopic (exact) mass is 248 g/mol. The molecule has 0 unspecified atom stereocenters. The average Bonchev–Trinajstić information content (AvgIpc) is 2.70. The Morgan fingerprint density at radius 2 is 2.12 bits per heavy atom. The smallest absolute Gasteiger partial charge is 0.186 e. The van der Waals surface area contributed by atoms with Crippen LogP contribution in [0.5, 0.6) is 0 Å². The molecule has 1 aromatic carbocycles. The van der Waals surface area contributed by atoms with Gasteiger partial charge in [0.15, 0.2) is 5.96 Å². The van der Waals surface area contributed by atoms with Crippen LogP contribution in [-0.4, -0.2) is 16.3 Å². The van der Waals surface area contributed by atoms with E-state index < -0.39 is 0 Å². The summed E-state index contributed by atoms with van der Waals surface area (Å²) < 4.78 is 2.19. The van der Waals surface area contributed by atoms with Crippen molar-refractivity contribution >= 4 is 29.5 Å². The molecule has 17 heavy (non-hydrogen) atoms. The summed E-state index contributed by atoms with van der Waals surface area (Å²) in [6.45, 7) is 1.44. The first kappa shape index (κ1) is 11.9. The second kappa shape index (κ2) is 5.14. The third-order valence-corrected chi connectivity index (χ3v) is 2.82. The molecule has 0 radical (unpaired) electrons. The van der Waals surface area contributed by atoms with Crippen LogP contribution in [0.25, 0.3) is 10.9 Å². The number of rotatable bonds is 4. The Morgan fingerprint density at radius 1 is 1.29 bits per heavy atom. The van der Waals surface area contributed by atoms with Crippen LogP contribution < -0.4 is 11.5 Å². The number of aromatic nitrogens is 1. The van der Waals surface area contributed by atoms with Gasteiger partial charge in [0.25, 0.3) is 0 Å². The van der Waals surface area contributed by atoms with Gasteiger partial charge >= 0.3 is 0 Å². The van der Waals surface area contributed by atoms with Gasteiger partial charge in [0.2, 0.25) is 0 Å². The fourth-order valence-electron chi connectivity index (χ4n) is 1.83. The lowest BCUT2D eigenvalue weighted by atomic mass is 10.1. The number of thiol groups is 1. The number of aliphatic imine (C=N–C) groups is 1. The highest BCUT2D eigenvalue weighted by Gasteiger charge is 2.01. The molecule has 5 heteroatoms. The van der Waals surface area contributed by atoms with E-state index in [-0.39, 0.29) is 5.96 Å². The number of hydrogen-bond donors (Lipinski definition) is 3. The van der Waals surface area contributed by atoms with Crippen LogP contribution in [0.4, 0.5) is 0 Å². The minimum atomic E-state index is 0.123. The maximum absolute atomic E-state index is 5.31. The quantitative estimate of drug-likeness (QED) is 0.434. The molecule has 0 aliphatic heterocycles. The van der Waals surface area contributed by atoms with E-state index in [0.717, 1.165) is 17.9 Å². The van der Waals surface area contributed by atoms with Crippen LogP contribution in [0.1, 0.15) is 5.56 Å². The Bertz CT molecular complexity index is 540. The number of aryl methyl sites for hydroxylation is 1. The van der Waals surface area contributed by atoms with Gasteiger partial charge in [0.1, 0.15) is 0 Å². The molecule has 0 saturated heterocycles.